The molecule has 1 N–H and O–H groups in total. The summed E-state index contributed by atoms with van der Waals surface area (Å²) in [6.45, 7) is 6.05. The Labute approximate surface area is 110 Å². The molecule has 0 aliphatic rings. The van der Waals surface area contributed by atoms with Crippen molar-refractivity contribution < 1.29 is 9.90 Å². The Morgan fingerprint density at radius 2 is 2.17 bits per heavy atom. The Bertz CT molecular complexity index is 611. The number of aliphatic carboxylic acids is 1. The average molecular weight is 267 g/mol. The fourth-order valence-electron chi connectivity index (χ4n) is 1.98. The third kappa shape index (κ3) is 2.34. The number of carboxylic acid groups (broad SMARTS) is 1. The first kappa shape index (κ1) is 12.9. The van der Waals surface area contributed by atoms with Gasteiger partial charge in [-0.2, -0.15) is 0 Å². The highest BCUT2D eigenvalue weighted by molar-refractivity contribution is 6.30. The van der Waals surface area contributed by atoms with Crippen LogP contribution in [-0.2, 0) is 16.6 Å². The molecular weight excluding hydrogens is 252 g/mol. The van der Waals surface area contributed by atoms with E-state index in [0.717, 1.165) is 5.69 Å². The summed E-state index contributed by atoms with van der Waals surface area (Å²) in [5.74, 6) is -0.864. The first-order valence-corrected chi connectivity index (χ1v) is 6.05. The summed E-state index contributed by atoms with van der Waals surface area (Å²) in [5, 5.41) is 9.61. The maximum absolute atomic E-state index is 11.0. The summed E-state index contributed by atoms with van der Waals surface area (Å²) >= 11 is 5.93. The Morgan fingerprint density at radius 1 is 1.50 bits per heavy atom. The van der Waals surface area contributed by atoms with Gasteiger partial charge in [0.25, 0.3) is 0 Å². The van der Waals surface area contributed by atoms with E-state index < -0.39 is 5.97 Å². The molecule has 0 saturated carbocycles. The van der Waals surface area contributed by atoms with Crippen molar-refractivity contribution in [2.75, 3.05) is 0 Å². The van der Waals surface area contributed by atoms with Gasteiger partial charge in [0.05, 0.1) is 17.8 Å². The zero-order valence-corrected chi connectivity index (χ0v) is 11.3. The quantitative estimate of drug-likeness (QED) is 0.909. The molecule has 2 aromatic heterocycles. The Hall–Kier alpha value is -1.55. The lowest BCUT2D eigenvalue weighted by atomic mass is 9.90. The van der Waals surface area contributed by atoms with Crippen LogP contribution in [0.4, 0.5) is 0 Å². The van der Waals surface area contributed by atoms with Gasteiger partial charge in [-0.05, 0) is 6.07 Å². The minimum Gasteiger partial charge on any atom is -0.481 e. The van der Waals surface area contributed by atoms with Crippen LogP contribution in [0, 0.1) is 0 Å². The van der Waals surface area contributed by atoms with Crippen molar-refractivity contribution in [2.45, 2.75) is 32.6 Å². The van der Waals surface area contributed by atoms with Gasteiger partial charge in [-0.15, -0.1) is 0 Å². The Kier molecular flexibility index (Phi) is 3.07. The molecule has 0 bridgehead atoms. The predicted molar refractivity (Wildman–Crippen MR) is 70.2 cm³/mol. The largest absolute Gasteiger partial charge is 0.481 e. The van der Waals surface area contributed by atoms with Crippen LogP contribution < -0.4 is 0 Å². The predicted octanol–water partition coefficient (Wildman–Crippen LogP) is 2.91. The van der Waals surface area contributed by atoms with E-state index in [-0.39, 0.29) is 11.8 Å². The van der Waals surface area contributed by atoms with E-state index in [9.17, 15) is 4.79 Å². The monoisotopic (exact) mass is 266 g/mol. The first-order chi connectivity index (χ1) is 8.29. The van der Waals surface area contributed by atoms with Gasteiger partial charge in [0, 0.05) is 22.7 Å². The summed E-state index contributed by atoms with van der Waals surface area (Å²) in [7, 11) is 0. The van der Waals surface area contributed by atoms with Gasteiger partial charge in [-0.3, -0.25) is 4.79 Å². The molecular formula is C13H15ClN2O2. The van der Waals surface area contributed by atoms with Gasteiger partial charge >= 0.3 is 5.97 Å². The third-order valence-corrected chi connectivity index (χ3v) is 2.95. The number of imidazole rings is 1. The Balaban J connectivity index is 2.72. The summed E-state index contributed by atoms with van der Waals surface area (Å²) in [4.78, 5) is 15.5. The van der Waals surface area contributed by atoms with Crippen molar-refractivity contribution in [3.8, 4) is 0 Å². The highest BCUT2D eigenvalue weighted by Crippen LogP contribution is 2.27. The van der Waals surface area contributed by atoms with Crippen LogP contribution in [-0.4, -0.2) is 20.5 Å². The lowest BCUT2D eigenvalue weighted by molar-refractivity contribution is -0.136. The number of fused-ring (bicyclic) bond motifs is 1. The molecule has 0 radical (unpaired) electrons. The molecule has 2 heterocycles. The smallest absolute Gasteiger partial charge is 0.309 e. The molecule has 2 aromatic rings. The number of carbonyl (C=O) groups is 1. The first-order valence-electron chi connectivity index (χ1n) is 5.68. The minimum absolute atomic E-state index is 0.0462. The van der Waals surface area contributed by atoms with Gasteiger partial charge in [0.2, 0.25) is 0 Å². The summed E-state index contributed by atoms with van der Waals surface area (Å²) in [5.41, 5.74) is 1.99. The van der Waals surface area contributed by atoms with Gasteiger partial charge in [-0.25, -0.2) is 4.98 Å². The van der Waals surface area contributed by atoms with Crippen LogP contribution >= 0.6 is 11.6 Å². The van der Waals surface area contributed by atoms with E-state index in [2.05, 4.69) is 4.98 Å². The molecule has 0 spiro atoms. The Morgan fingerprint density at radius 3 is 2.72 bits per heavy atom. The zero-order chi connectivity index (χ0) is 13.5. The molecule has 0 aromatic carbocycles. The number of aromatic nitrogens is 2. The zero-order valence-electron chi connectivity index (χ0n) is 10.6. The van der Waals surface area contributed by atoms with Crippen molar-refractivity contribution in [3.63, 3.8) is 0 Å². The maximum atomic E-state index is 11.0. The van der Waals surface area contributed by atoms with Crippen molar-refractivity contribution >= 4 is 23.2 Å². The van der Waals surface area contributed by atoms with Crippen molar-refractivity contribution in [1.29, 1.82) is 0 Å². The summed E-state index contributed by atoms with van der Waals surface area (Å²) < 4.78 is 1.79. The van der Waals surface area contributed by atoms with Crippen LogP contribution in [0.1, 0.15) is 32.2 Å². The third-order valence-electron chi connectivity index (χ3n) is 2.72. The van der Waals surface area contributed by atoms with Crippen LogP contribution in [0.15, 0.2) is 18.3 Å². The normalized spacial score (nSPS) is 12.0. The molecule has 0 atom stereocenters. The van der Waals surface area contributed by atoms with E-state index in [1.165, 1.54) is 0 Å². The second-order valence-corrected chi connectivity index (χ2v) is 5.74. The molecule has 96 valence electrons. The lowest BCUT2D eigenvalue weighted by Gasteiger charge is -2.17. The number of carboxylic acids is 1. The standard InChI is InChI=1S/C13H15ClN2O2/c1-13(2,3)12-9(7-11(17)18)16-5-4-8(14)6-10(16)15-12/h4-6H,7H2,1-3H3,(H,17,18). The highest BCUT2D eigenvalue weighted by Gasteiger charge is 2.24. The van der Waals surface area contributed by atoms with Crippen LogP contribution in [0.3, 0.4) is 0 Å². The molecule has 4 nitrogen and oxygen atoms in total. The van der Waals surface area contributed by atoms with E-state index in [1.807, 2.05) is 20.8 Å². The van der Waals surface area contributed by atoms with E-state index in [1.54, 1.807) is 22.7 Å². The van der Waals surface area contributed by atoms with Gasteiger partial charge < -0.3 is 9.51 Å². The number of nitrogens with zero attached hydrogens (tertiary/aromatic N) is 2. The minimum atomic E-state index is -0.864. The number of hydrogen-bond acceptors (Lipinski definition) is 2. The second-order valence-electron chi connectivity index (χ2n) is 5.30. The van der Waals surface area contributed by atoms with Gasteiger partial charge in [0.15, 0.2) is 0 Å². The van der Waals surface area contributed by atoms with Crippen molar-refractivity contribution in [3.05, 3.63) is 34.7 Å². The molecule has 0 saturated heterocycles. The molecule has 0 fully saturated rings. The lowest BCUT2D eigenvalue weighted by Crippen LogP contribution is -2.17. The molecule has 0 unspecified atom stereocenters. The van der Waals surface area contributed by atoms with Crippen molar-refractivity contribution in [2.24, 2.45) is 0 Å². The fraction of sp³-hybridized carbons (Fsp3) is 0.385. The topological polar surface area (TPSA) is 54.6 Å². The molecule has 18 heavy (non-hydrogen) atoms. The van der Waals surface area contributed by atoms with E-state index in [0.29, 0.717) is 16.4 Å². The highest BCUT2D eigenvalue weighted by atomic mass is 35.5. The summed E-state index contributed by atoms with van der Waals surface area (Å²) in [6.07, 6.45) is 1.72. The van der Waals surface area contributed by atoms with Crippen molar-refractivity contribution in [1.82, 2.24) is 9.38 Å². The summed E-state index contributed by atoms with van der Waals surface area (Å²) in [6, 6.07) is 3.47. The van der Waals surface area contributed by atoms with Crippen LogP contribution in [0.2, 0.25) is 5.02 Å². The van der Waals surface area contributed by atoms with Crippen LogP contribution in [0.25, 0.3) is 5.65 Å². The van der Waals surface area contributed by atoms with Gasteiger partial charge in [0.1, 0.15) is 5.65 Å². The molecule has 0 amide bonds. The second kappa shape index (κ2) is 4.28. The number of halogens is 1. The fourth-order valence-corrected chi connectivity index (χ4v) is 2.14. The molecule has 5 heteroatoms. The number of rotatable bonds is 2. The van der Waals surface area contributed by atoms with E-state index >= 15 is 0 Å². The van der Waals surface area contributed by atoms with E-state index in [4.69, 9.17) is 16.7 Å². The number of pyridine rings is 1. The SMILES string of the molecule is CC(C)(C)c1nc2cc(Cl)ccn2c1CC(=O)O. The maximum Gasteiger partial charge on any atom is 0.309 e. The molecule has 0 aliphatic carbocycles. The van der Waals surface area contributed by atoms with Crippen LogP contribution in [0.5, 0.6) is 0 Å². The molecule has 0 aliphatic heterocycles. The van der Waals surface area contributed by atoms with Gasteiger partial charge in [-0.1, -0.05) is 32.4 Å². The average Bonchev–Trinajstić information content (AvgIpc) is 2.55. The number of hydrogen-bond donors (Lipinski definition) is 1. The molecule has 2 rings (SSSR count).